The van der Waals surface area contributed by atoms with E-state index in [1.807, 2.05) is 12.1 Å². The average molecular weight is 436 g/mol. The summed E-state index contributed by atoms with van der Waals surface area (Å²) in [7, 11) is -3.49. The summed E-state index contributed by atoms with van der Waals surface area (Å²) in [5, 5.41) is 3.06. The number of hydrogen-bond acceptors (Lipinski definition) is 4. The molecule has 0 bridgehead atoms. The van der Waals surface area contributed by atoms with E-state index < -0.39 is 10.0 Å². The number of carbonyl (C=O) groups is 1. The zero-order valence-corrected chi connectivity index (χ0v) is 19.7. The molecule has 1 aliphatic carbocycles. The van der Waals surface area contributed by atoms with Gasteiger partial charge in [0.15, 0.2) is 0 Å². The highest BCUT2D eigenvalue weighted by Crippen LogP contribution is 2.28. The number of aryl methyl sites for hydroxylation is 2. The van der Waals surface area contributed by atoms with Gasteiger partial charge in [-0.05, 0) is 83.1 Å². The van der Waals surface area contributed by atoms with Crippen LogP contribution < -0.4 is 5.32 Å². The van der Waals surface area contributed by atoms with Crippen molar-refractivity contribution in [1.29, 1.82) is 0 Å². The Labute approximate surface area is 182 Å². The normalized spacial score (nSPS) is 18.4. The maximum Gasteiger partial charge on any atom is 0.243 e. The summed E-state index contributed by atoms with van der Waals surface area (Å²) in [6.45, 7) is 10.9. The van der Waals surface area contributed by atoms with E-state index in [1.165, 1.54) is 11.1 Å². The van der Waals surface area contributed by atoms with Crippen LogP contribution in [0.5, 0.6) is 0 Å². The van der Waals surface area contributed by atoms with Gasteiger partial charge in [-0.3, -0.25) is 9.69 Å². The Kier molecular flexibility index (Phi) is 7.58. The Morgan fingerprint density at radius 2 is 1.73 bits per heavy atom. The lowest BCUT2D eigenvalue weighted by atomic mass is 9.97. The van der Waals surface area contributed by atoms with Crippen LogP contribution in [0.1, 0.15) is 58.1 Å². The molecular weight excluding hydrogens is 398 g/mol. The van der Waals surface area contributed by atoms with Gasteiger partial charge < -0.3 is 5.32 Å². The fourth-order valence-corrected chi connectivity index (χ4v) is 6.30. The van der Waals surface area contributed by atoms with Gasteiger partial charge in [-0.1, -0.05) is 6.07 Å². The van der Waals surface area contributed by atoms with Crippen molar-refractivity contribution in [2.24, 2.45) is 5.92 Å². The van der Waals surface area contributed by atoms with Crippen molar-refractivity contribution >= 4 is 15.9 Å². The van der Waals surface area contributed by atoms with E-state index in [4.69, 9.17) is 0 Å². The number of rotatable bonds is 8. The standard InChI is InChI=1S/C23H37N3O3S/c1-17(2)26(18(3)4)15-12-24-23(27)20-10-13-25(14-11-20)30(28,29)22-9-8-19-6-5-7-21(19)16-22/h8-9,16-18,20H,5-7,10-15H2,1-4H3,(H,24,27). The molecule has 0 saturated carbocycles. The number of piperidine rings is 1. The molecule has 0 aromatic heterocycles. The molecule has 0 atom stereocenters. The Hall–Kier alpha value is -1.44. The molecule has 1 aromatic carbocycles. The van der Waals surface area contributed by atoms with Crippen LogP contribution in [0.2, 0.25) is 0 Å². The van der Waals surface area contributed by atoms with Gasteiger partial charge in [-0.15, -0.1) is 0 Å². The van der Waals surface area contributed by atoms with Crippen molar-refractivity contribution in [3.8, 4) is 0 Å². The quantitative estimate of drug-likeness (QED) is 0.682. The third-order valence-electron chi connectivity index (χ3n) is 6.53. The number of amides is 1. The Morgan fingerprint density at radius 3 is 2.37 bits per heavy atom. The highest BCUT2D eigenvalue weighted by atomic mass is 32.2. The maximum absolute atomic E-state index is 13.1. The number of hydrogen-bond donors (Lipinski definition) is 1. The van der Waals surface area contributed by atoms with Crippen LogP contribution in [0.25, 0.3) is 0 Å². The maximum atomic E-state index is 13.1. The van der Waals surface area contributed by atoms with E-state index in [0.717, 1.165) is 25.8 Å². The first-order valence-electron chi connectivity index (χ1n) is 11.4. The SMILES string of the molecule is CC(C)N(CCNC(=O)C1CCN(S(=O)(=O)c2ccc3c(c2)CCC3)CC1)C(C)C. The lowest BCUT2D eigenvalue weighted by Gasteiger charge is -2.32. The van der Waals surface area contributed by atoms with Gasteiger partial charge in [0, 0.05) is 44.2 Å². The Balaban J connectivity index is 1.51. The van der Waals surface area contributed by atoms with E-state index in [2.05, 4.69) is 37.9 Å². The summed E-state index contributed by atoms with van der Waals surface area (Å²) in [6, 6.07) is 6.44. The molecule has 1 amide bonds. The predicted octanol–water partition coefficient (Wildman–Crippen LogP) is 2.81. The molecule has 0 radical (unpaired) electrons. The lowest BCUT2D eigenvalue weighted by molar-refractivity contribution is -0.126. The molecule has 1 heterocycles. The van der Waals surface area contributed by atoms with Crippen LogP contribution in [-0.2, 0) is 27.7 Å². The average Bonchev–Trinajstić information content (AvgIpc) is 3.18. The number of nitrogens with one attached hydrogen (secondary N) is 1. The van der Waals surface area contributed by atoms with Gasteiger partial charge in [-0.25, -0.2) is 8.42 Å². The molecule has 1 fully saturated rings. The van der Waals surface area contributed by atoms with Crippen LogP contribution in [-0.4, -0.2) is 61.8 Å². The van der Waals surface area contributed by atoms with Gasteiger partial charge in [0.1, 0.15) is 0 Å². The largest absolute Gasteiger partial charge is 0.355 e. The number of sulfonamides is 1. The molecule has 7 heteroatoms. The van der Waals surface area contributed by atoms with E-state index in [9.17, 15) is 13.2 Å². The molecule has 1 aromatic rings. The summed E-state index contributed by atoms with van der Waals surface area (Å²) in [4.78, 5) is 15.3. The van der Waals surface area contributed by atoms with Crippen molar-refractivity contribution in [2.45, 2.75) is 76.8 Å². The first-order valence-corrected chi connectivity index (χ1v) is 12.8. The molecule has 2 aliphatic rings. The van der Waals surface area contributed by atoms with Gasteiger partial charge in [0.05, 0.1) is 4.90 Å². The second-order valence-electron chi connectivity index (χ2n) is 9.18. The zero-order valence-electron chi connectivity index (χ0n) is 18.9. The van der Waals surface area contributed by atoms with E-state index in [0.29, 0.717) is 49.5 Å². The van der Waals surface area contributed by atoms with Crippen LogP contribution in [0.3, 0.4) is 0 Å². The van der Waals surface area contributed by atoms with Gasteiger partial charge in [-0.2, -0.15) is 4.31 Å². The van der Waals surface area contributed by atoms with Crippen molar-refractivity contribution in [3.63, 3.8) is 0 Å². The molecule has 1 aliphatic heterocycles. The molecule has 1 saturated heterocycles. The van der Waals surface area contributed by atoms with Crippen LogP contribution in [0.15, 0.2) is 23.1 Å². The van der Waals surface area contributed by atoms with E-state index in [-0.39, 0.29) is 11.8 Å². The minimum absolute atomic E-state index is 0.0528. The van der Waals surface area contributed by atoms with Crippen molar-refractivity contribution in [3.05, 3.63) is 29.3 Å². The molecule has 168 valence electrons. The molecule has 1 N–H and O–H groups in total. The number of nitrogens with zero attached hydrogens (tertiary/aromatic N) is 2. The molecule has 30 heavy (non-hydrogen) atoms. The fraction of sp³-hybridized carbons (Fsp3) is 0.696. The minimum Gasteiger partial charge on any atom is -0.355 e. The molecule has 6 nitrogen and oxygen atoms in total. The number of fused-ring (bicyclic) bond motifs is 1. The minimum atomic E-state index is -3.49. The molecular formula is C23H37N3O3S. The van der Waals surface area contributed by atoms with Crippen molar-refractivity contribution in [2.75, 3.05) is 26.2 Å². The summed E-state index contributed by atoms with van der Waals surface area (Å²) in [5.41, 5.74) is 2.44. The Morgan fingerprint density at radius 1 is 1.10 bits per heavy atom. The fourth-order valence-electron chi connectivity index (χ4n) is 4.78. The smallest absolute Gasteiger partial charge is 0.243 e. The Bertz CT molecular complexity index is 835. The molecule has 0 spiro atoms. The zero-order chi connectivity index (χ0) is 21.9. The van der Waals surface area contributed by atoms with E-state index in [1.54, 1.807) is 10.4 Å². The topological polar surface area (TPSA) is 69.7 Å². The van der Waals surface area contributed by atoms with Crippen molar-refractivity contribution < 1.29 is 13.2 Å². The highest BCUT2D eigenvalue weighted by Gasteiger charge is 2.32. The summed E-state index contributed by atoms with van der Waals surface area (Å²) >= 11 is 0. The first kappa shape index (κ1) is 23.2. The lowest BCUT2D eigenvalue weighted by Crippen LogP contribution is -2.46. The monoisotopic (exact) mass is 435 g/mol. The number of carbonyl (C=O) groups excluding carboxylic acids is 1. The molecule has 3 rings (SSSR count). The third-order valence-corrected chi connectivity index (χ3v) is 8.42. The van der Waals surface area contributed by atoms with Gasteiger partial charge >= 0.3 is 0 Å². The van der Waals surface area contributed by atoms with Gasteiger partial charge in [0.2, 0.25) is 15.9 Å². The summed E-state index contributed by atoms with van der Waals surface area (Å²) in [6.07, 6.45) is 4.27. The van der Waals surface area contributed by atoms with E-state index >= 15 is 0 Å². The third kappa shape index (κ3) is 5.24. The summed E-state index contributed by atoms with van der Waals surface area (Å²) < 4.78 is 27.7. The summed E-state index contributed by atoms with van der Waals surface area (Å²) in [5.74, 6) is -0.0555. The number of benzene rings is 1. The predicted molar refractivity (Wildman–Crippen MR) is 120 cm³/mol. The second kappa shape index (κ2) is 9.79. The van der Waals surface area contributed by atoms with Crippen LogP contribution in [0.4, 0.5) is 0 Å². The second-order valence-corrected chi connectivity index (χ2v) is 11.1. The van der Waals surface area contributed by atoms with Gasteiger partial charge in [0.25, 0.3) is 0 Å². The first-order chi connectivity index (χ1) is 14.2. The van der Waals surface area contributed by atoms with Crippen LogP contribution >= 0.6 is 0 Å². The van der Waals surface area contributed by atoms with Crippen LogP contribution in [0, 0.1) is 5.92 Å². The van der Waals surface area contributed by atoms with Crippen molar-refractivity contribution in [1.82, 2.24) is 14.5 Å². The highest BCUT2D eigenvalue weighted by molar-refractivity contribution is 7.89. The molecule has 0 unspecified atom stereocenters.